The lowest BCUT2D eigenvalue weighted by molar-refractivity contribution is -0.133. The van der Waals surface area contributed by atoms with E-state index in [2.05, 4.69) is 20.6 Å². The number of rotatable bonds is 5. The van der Waals surface area contributed by atoms with Crippen molar-refractivity contribution in [1.29, 1.82) is 0 Å². The third kappa shape index (κ3) is 5.37. The Morgan fingerprint density at radius 3 is 2.92 bits per heavy atom. The van der Waals surface area contributed by atoms with Crippen LogP contribution in [0.2, 0.25) is 5.15 Å². The van der Waals surface area contributed by atoms with E-state index in [1.165, 1.54) is 0 Å². The van der Waals surface area contributed by atoms with Crippen molar-refractivity contribution < 1.29 is 4.79 Å². The van der Waals surface area contributed by atoms with Gasteiger partial charge in [0.1, 0.15) is 5.15 Å². The molecule has 1 aromatic heterocycles. The Bertz CT molecular complexity index is 573. The number of hydrogen-bond donors (Lipinski definition) is 2. The highest BCUT2D eigenvalue weighted by Crippen LogP contribution is 2.13. The molecule has 132 valence electrons. The van der Waals surface area contributed by atoms with Crippen molar-refractivity contribution in [3.05, 3.63) is 29.0 Å². The Balaban J connectivity index is 1.92. The Morgan fingerprint density at radius 1 is 1.50 bits per heavy atom. The molecule has 1 aliphatic rings. The second kappa shape index (κ2) is 8.87. The third-order valence-electron chi connectivity index (χ3n) is 3.89. The molecule has 7 heteroatoms. The zero-order valence-electron chi connectivity index (χ0n) is 14.6. The highest BCUT2D eigenvalue weighted by Gasteiger charge is 2.27. The van der Waals surface area contributed by atoms with Crippen molar-refractivity contribution in [3.63, 3.8) is 0 Å². The second-order valence-electron chi connectivity index (χ2n) is 6.25. The maximum Gasteiger partial charge on any atom is 0.225 e. The van der Waals surface area contributed by atoms with Crippen LogP contribution in [0.15, 0.2) is 23.3 Å². The van der Waals surface area contributed by atoms with E-state index in [1.807, 2.05) is 31.7 Å². The van der Waals surface area contributed by atoms with Gasteiger partial charge >= 0.3 is 0 Å². The molecule has 0 bridgehead atoms. The van der Waals surface area contributed by atoms with Gasteiger partial charge in [0.05, 0.1) is 6.54 Å². The number of likely N-dealkylation sites (tertiary alicyclic amines) is 1. The highest BCUT2D eigenvalue weighted by atomic mass is 35.5. The minimum atomic E-state index is 0.0445. The number of nitrogens with zero attached hydrogens (tertiary/aromatic N) is 3. The van der Waals surface area contributed by atoms with Gasteiger partial charge in [-0.25, -0.2) is 9.98 Å². The van der Waals surface area contributed by atoms with Crippen LogP contribution in [-0.2, 0) is 11.3 Å². The summed E-state index contributed by atoms with van der Waals surface area (Å²) in [5.41, 5.74) is 1.000. The van der Waals surface area contributed by atoms with Gasteiger partial charge in [-0.05, 0) is 25.0 Å². The zero-order valence-corrected chi connectivity index (χ0v) is 15.3. The molecule has 0 aliphatic carbocycles. The van der Waals surface area contributed by atoms with Gasteiger partial charge in [-0.2, -0.15) is 0 Å². The molecule has 1 fully saturated rings. The first-order valence-electron chi connectivity index (χ1n) is 8.43. The fourth-order valence-electron chi connectivity index (χ4n) is 2.63. The SMILES string of the molecule is CCNC(=NCc1ccc(Cl)nc1)NC1CCN(C(=O)C(C)C)C1. The molecular weight excluding hydrogens is 326 g/mol. The molecule has 1 amide bonds. The topological polar surface area (TPSA) is 69.6 Å². The van der Waals surface area contributed by atoms with Crippen LogP contribution in [-0.4, -0.2) is 47.4 Å². The molecule has 1 atom stereocenters. The number of carbonyl (C=O) groups excluding carboxylic acids is 1. The predicted molar refractivity (Wildman–Crippen MR) is 97.0 cm³/mol. The van der Waals surface area contributed by atoms with E-state index in [9.17, 15) is 4.79 Å². The molecule has 1 unspecified atom stereocenters. The molecule has 24 heavy (non-hydrogen) atoms. The number of nitrogens with one attached hydrogen (secondary N) is 2. The summed E-state index contributed by atoms with van der Waals surface area (Å²) in [5.74, 6) is 1.02. The number of halogens is 1. The molecule has 2 heterocycles. The molecule has 0 saturated carbocycles. The monoisotopic (exact) mass is 351 g/mol. The minimum absolute atomic E-state index is 0.0445. The Kier molecular flexibility index (Phi) is 6.85. The quantitative estimate of drug-likeness (QED) is 0.484. The summed E-state index contributed by atoms with van der Waals surface area (Å²) in [6, 6.07) is 3.91. The Morgan fingerprint density at radius 2 is 2.29 bits per heavy atom. The third-order valence-corrected chi connectivity index (χ3v) is 4.11. The molecule has 1 aliphatic heterocycles. The lowest BCUT2D eigenvalue weighted by Crippen LogP contribution is -2.45. The van der Waals surface area contributed by atoms with Gasteiger partial charge in [-0.1, -0.05) is 31.5 Å². The number of aliphatic imine (C=N–C) groups is 1. The molecule has 0 radical (unpaired) electrons. The van der Waals surface area contributed by atoms with Crippen molar-refractivity contribution >= 4 is 23.5 Å². The normalized spacial score (nSPS) is 18.1. The minimum Gasteiger partial charge on any atom is -0.357 e. The van der Waals surface area contributed by atoms with Crippen molar-refractivity contribution in [2.24, 2.45) is 10.9 Å². The van der Waals surface area contributed by atoms with Gasteiger partial charge in [0.15, 0.2) is 5.96 Å². The number of hydrogen-bond acceptors (Lipinski definition) is 3. The van der Waals surface area contributed by atoms with Crippen LogP contribution in [0.5, 0.6) is 0 Å². The summed E-state index contributed by atoms with van der Waals surface area (Å²) >= 11 is 5.80. The van der Waals surface area contributed by atoms with Gasteiger partial charge in [0.2, 0.25) is 5.91 Å². The van der Waals surface area contributed by atoms with Gasteiger partial charge in [-0.3, -0.25) is 4.79 Å². The number of pyridine rings is 1. The standard InChI is InChI=1S/C17H26ClN5O/c1-4-19-17(21-10-13-5-6-15(18)20-9-13)22-14-7-8-23(11-14)16(24)12(2)3/h5-6,9,12,14H,4,7-8,10-11H2,1-3H3,(H2,19,21,22). The largest absolute Gasteiger partial charge is 0.357 e. The molecule has 2 N–H and O–H groups in total. The zero-order chi connectivity index (χ0) is 17.5. The first-order chi connectivity index (χ1) is 11.5. The number of aromatic nitrogens is 1. The van der Waals surface area contributed by atoms with E-state index in [-0.39, 0.29) is 17.9 Å². The van der Waals surface area contributed by atoms with Gasteiger partial charge in [0, 0.05) is 37.8 Å². The van der Waals surface area contributed by atoms with Crippen LogP contribution in [0.4, 0.5) is 0 Å². The predicted octanol–water partition coefficient (Wildman–Crippen LogP) is 2.05. The average molecular weight is 352 g/mol. The molecule has 0 aromatic carbocycles. The van der Waals surface area contributed by atoms with Gasteiger partial charge < -0.3 is 15.5 Å². The fraction of sp³-hybridized carbons (Fsp3) is 0.588. The molecule has 1 saturated heterocycles. The van der Waals surface area contributed by atoms with Crippen LogP contribution in [0.1, 0.15) is 32.8 Å². The summed E-state index contributed by atoms with van der Waals surface area (Å²) < 4.78 is 0. The van der Waals surface area contributed by atoms with E-state index in [4.69, 9.17) is 11.6 Å². The number of carbonyl (C=O) groups is 1. The van der Waals surface area contributed by atoms with Crippen molar-refractivity contribution in [2.75, 3.05) is 19.6 Å². The van der Waals surface area contributed by atoms with Crippen LogP contribution in [0.3, 0.4) is 0 Å². The van der Waals surface area contributed by atoms with Crippen molar-refractivity contribution in [1.82, 2.24) is 20.5 Å². The molecule has 2 rings (SSSR count). The van der Waals surface area contributed by atoms with E-state index in [0.717, 1.165) is 37.6 Å². The van der Waals surface area contributed by atoms with Crippen LogP contribution in [0, 0.1) is 5.92 Å². The summed E-state index contributed by atoms with van der Waals surface area (Å²) in [7, 11) is 0. The highest BCUT2D eigenvalue weighted by molar-refractivity contribution is 6.29. The lowest BCUT2D eigenvalue weighted by Gasteiger charge is -2.20. The molecule has 6 nitrogen and oxygen atoms in total. The smallest absolute Gasteiger partial charge is 0.225 e. The molecule has 0 spiro atoms. The first-order valence-corrected chi connectivity index (χ1v) is 8.81. The lowest BCUT2D eigenvalue weighted by atomic mass is 10.2. The van der Waals surface area contributed by atoms with Gasteiger partial charge in [0.25, 0.3) is 0 Å². The van der Waals surface area contributed by atoms with E-state index in [0.29, 0.717) is 11.7 Å². The summed E-state index contributed by atoms with van der Waals surface area (Å²) in [6.45, 7) is 8.75. The van der Waals surface area contributed by atoms with E-state index >= 15 is 0 Å². The summed E-state index contributed by atoms with van der Waals surface area (Å²) in [5, 5.41) is 7.15. The molecular formula is C17H26ClN5O. The van der Waals surface area contributed by atoms with Crippen LogP contribution in [0.25, 0.3) is 0 Å². The Labute approximate surface area is 148 Å². The van der Waals surface area contributed by atoms with Crippen LogP contribution >= 0.6 is 11.6 Å². The van der Waals surface area contributed by atoms with Crippen LogP contribution < -0.4 is 10.6 Å². The van der Waals surface area contributed by atoms with Crippen molar-refractivity contribution in [2.45, 2.75) is 39.8 Å². The number of amides is 1. The Hall–Kier alpha value is -1.82. The maximum absolute atomic E-state index is 12.1. The second-order valence-corrected chi connectivity index (χ2v) is 6.64. The maximum atomic E-state index is 12.1. The number of guanidine groups is 1. The average Bonchev–Trinajstić information content (AvgIpc) is 3.02. The van der Waals surface area contributed by atoms with E-state index in [1.54, 1.807) is 12.3 Å². The van der Waals surface area contributed by atoms with Crippen molar-refractivity contribution in [3.8, 4) is 0 Å². The summed E-state index contributed by atoms with van der Waals surface area (Å²) in [4.78, 5) is 22.7. The van der Waals surface area contributed by atoms with Gasteiger partial charge in [-0.15, -0.1) is 0 Å². The fourth-order valence-corrected chi connectivity index (χ4v) is 2.74. The summed E-state index contributed by atoms with van der Waals surface area (Å²) in [6.07, 6.45) is 2.67. The molecule has 1 aromatic rings. The van der Waals surface area contributed by atoms with E-state index < -0.39 is 0 Å². The first kappa shape index (κ1) is 18.5.